The van der Waals surface area contributed by atoms with Crippen molar-refractivity contribution in [2.24, 2.45) is 0 Å². The van der Waals surface area contributed by atoms with Crippen molar-refractivity contribution in [1.82, 2.24) is 10.2 Å². The van der Waals surface area contributed by atoms with E-state index in [9.17, 15) is 9.59 Å². The normalized spacial score (nSPS) is 12.0. The minimum absolute atomic E-state index is 0.0570. The van der Waals surface area contributed by atoms with Gasteiger partial charge in [-0.1, -0.05) is 20.8 Å². The lowest BCUT2D eigenvalue weighted by atomic mass is 10.2. The third-order valence-corrected chi connectivity index (χ3v) is 2.46. The zero-order chi connectivity index (χ0) is 12.6. The van der Waals surface area contributed by atoms with Crippen LogP contribution >= 0.6 is 0 Å². The van der Waals surface area contributed by atoms with Gasteiger partial charge in [0.1, 0.15) is 0 Å². The second-order valence-electron chi connectivity index (χ2n) is 4.07. The second kappa shape index (κ2) is 8.13. The molecule has 2 amide bonds. The van der Waals surface area contributed by atoms with E-state index in [0.717, 1.165) is 19.3 Å². The highest BCUT2D eigenvalue weighted by Gasteiger charge is 2.21. The molecule has 0 rings (SSSR count). The Morgan fingerprint density at radius 2 is 1.62 bits per heavy atom. The van der Waals surface area contributed by atoms with Crippen LogP contribution in [-0.2, 0) is 9.59 Å². The average Bonchev–Trinajstić information content (AvgIpc) is 2.27. The molecule has 4 nitrogen and oxygen atoms in total. The molecule has 0 aliphatic heterocycles. The van der Waals surface area contributed by atoms with Gasteiger partial charge in [-0.05, 0) is 26.2 Å². The van der Waals surface area contributed by atoms with E-state index in [4.69, 9.17) is 0 Å². The summed E-state index contributed by atoms with van der Waals surface area (Å²) in [6.45, 7) is 9.19. The molecule has 0 radical (unpaired) electrons. The van der Waals surface area contributed by atoms with Gasteiger partial charge in [0.2, 0.25) is 0 Å². The van der Waals surface area contributed by atoms with Crippen LogP contribution in [0, 0.1) is 0 Å². The largest absolute Gasteiger partial charge is 0.345 e. The molecule has 0 aromatic carbocycles. The smallest absolute Gasteiger partial charge is 0.311 e. The van der Waals surface area contributed by atoms with Gasteiger partial charge >= 0.3 is 11.8 Å². The molecule has 4 heteroatoms. The van der Waals surface area contributed by atoms with E-state index >= 15 is 0 Å². The third-order valence-electron chi connectivity index (χ3n) is 2.46. The van der Waals surface area contributed by atoms with Crippen molar-refractivity contribution in [3.05, 3.63) is 0 Å². The highest BCUT2D eigenvalue weighted by Crippen LogP contribution is 1.97. The Hall–Kier alpha value is -1.06. The summed E-state index contributed by atoms with van der Waals surface area (Å²) >= 11 is 0. The van der Waals surface area contributed by atoms with Gasteiger partial charge in [-0.2, -0.15) is 0 Å². The second-order valence-corrected chi connectivity index (χ2v) is 4.07. The molecule has 0 saturated carbocycles. The van der Waals surface area contributed by atoms with Gasteiger partial charge in [0.15, 0.2) is 0 Å². The summed E-state index contributed by atoms with van der Waals surface area (Å²) in [6, 6.07) is 0.0570. The van der Waals surface area contributed by atoms with Crippen LogP contribution < -0.4 is 5.32 Å². The van der Waals surface area contributed by atoms with Crippen molar-refractivity contribution in [3.63, 3.8) is 0 Å². The number of rotatable bonds is 6. The van der Waals surface area contributed by atoms with Crippen LogP contribution in [0.2, 0.25) is 0 Å². The fraction of sp³-hybridized carbons (Fsp3) is 0.833. The number of hydrogen-bond acceptors (Lipinski definition) is 2. The Balaban J connectivity index is 4.30. The van der Waals surface area contributed by atoms with Crippen LogP contribution in [-0.4, -0.2) is 35.8 Å². The van der Waals surface area contributed by atoms with Crippen molar-refractivity contribution < 1.29 is 9.59 Å². The molecule has 0 fully saturated rings. The number of hydrogen-bond donors (Lipinski definition) is 1. The van der Waals surface area contributed by atoms with Gasteiger partial charge in [0, 0.05) is 19.1 Å². The molecule has 16 heavy (non-hydrogen) atoms. The van der Waals surface area contributed by atoms with E-state index in [1.165, 1.54) is 0 Å². The summed E-state index contributed by atoms with van der Waals surface area (Å²) < 4.78 is 0. The summed E-state index contributed by atoms with van der Waals surface area (Å²) in [6.07, 6.45) is 2.59. The first-order chi connectivity index (χ1) is 7.56. The highest BCUT2D eigenvalue weighted by molar-refractivity contribution is 6.35. The minimum atomic E-state index is -0.476. The molecule has 0 aromatic rings. The molecule has 1 unspecified atom stereocenters. The number of nitrogens with one attached hydrogen (secondary N) is 1. The predicted octanol–water partition coefficient (Wildman–Crippen LogP) is 1.55. The number of carbonyl (C=O) groups excluding carboxylic acids is 2. The molecule has 1 atom stereocenters. The first kappa shape index (κ1) is 14.9. The third kappa shape index (κ3) is 5.14. The topological polar surface area (TPSA) is 49.4 Å². The number of carbonyl (C=O) groups is 2. The summed E-state index contributed by atoms with van der Waals surface area (Å²) in [4.78, 5) is 25.0. The Bertz CT molecular complexity index is 223. The maximum Gasteiger partial charge on any atom is 0.311 e. The fourth-order valence-corrected chi connectivity index (χ4v) is 1.39. The van der Waals surface area contributed by atoms with Crippen molar-refractivity contribution in [2.75, 3.05) is 13.1 Å². The zero-order valence-corrected chi connectivity index (χ0v) is 10.9. The minimum Gasteiger partial charge on any atom is -0.345 e. The Morgan fingerprint density at radius 3 is 2.00 bits per heavy atom. The van der Waals surface area contributed by atoms with Gasteiger partial charge in [-0.3, -0.25) is 9.59 Å². The first-order valence-corrected chi connectivity index (χ1v) is 6.16. The number of amides is 2. The highest BCUT2D eigenvalue weighted by atomic mass is 16.2. The molecule has 0 saturated heterocycles. The maximum absolute atomic E-state index is 11.8. The predicted molar refractivity (Wildman–Crippen MR) is 65.1 cm³/mol. The number of nitrogens with zero attached hydrogens (tertiary/aromatic N) is 1. The molecular weight excluding hydrogens is 204 g/mol. The first-order valence-electron chi connectivity index (χ1n) is 6.16. The zero-order valence-electron chi connectivity index (χ0n) is 10.9. The van der Waals surface area contributed by atoms with E-state index in [1.807, 2.05) is 27.7 Å². The van der Waals surface area contributed by atoms with Gasteiger partial charge in [-0.15, -0.1) is 0 Å². The average molecular weight is 228 g/mol. The van der Waals surface area contributed by atoms with Crippen molar-refractivity contribution in [1.29, 1.82) is 0 Å². The van der Waals surface area contributed by atoms with Crippen LogP contribution in [0.3, 0.4) is 0 Å². The quantitative estimate of drug-likeness (QED) is 0.701. The molecular formula is C12H24N2O2. The molecule has 94 valence electrons. The van der Waals surface area contributed by atoms with Crippen LogP contribution in [0.1, 0.15) is 47.0 Å². The summed E-state index contributed by atoms with van der Waals surface area (Å²) in [5, 5.41) is 2.70. The van der Waals surface area contributed by atoms with Gasteiger partial charge in [0.25, 0.3) is 0 Å². The van der Waals surface area contributed by atoms with Crippen molar-refractivity contribution in [2.45, 2.75) is 53.0 Å². The van der Waals surface area contributed by atoms with Crippen LogP contribution in [0.25, 0.3) is 0 Å². The van der Waals surface area contributed by atoms with E-state index in [0.29, 0.717) is 13.1 Å². The van der Waals surface area contributed by atoms with E-state index in [2.05, 4.69) is 5.32 Å². The molecule has 0 aliphatic rings. The standard InChI is InChI=1S/C12H24N2O2/c1-5-8-14(9-6-2)12(16)11(15)13-10(4)7-3/h10H,5-9H2,1-4H3,(H,13,15). The van der Waals surface area contributed by atoms with Crippen molar-refractivity contribution >= 4 is 11.8 Å². The van der Waals surface area contributed by atoms with Gasteiger partial charge < -0.3 is 10.2 Å². The summed E-state index contributed by atoms with van der Waals surface area (Å²) in [5.41, 5.74) is 0. The van der Waals surface area contributed by atoms with Crippen LogP contribution in [0.5, 0.6) is 0 Å². The molecule has 0 bridgehead atoms. The molecule has 0 aromatic heterocycles. The summed E-state index contributed by atoms with van der Waals surface area (Å²) in [5.74, 6) is -0.875. The summed E-state index contributed by atoms with van der Waals surface area (Å²) in [7, 11) is 0. The SMILES string of the molecule is CCCN(CCC)C(=O)C(=O)NC(C)CC. The lowest BCUT2D eigenvalue weighted by Gasteiger charge is -2.21. The van der Waals surface area contributed by atoms with Gasteiger partial charge in [0.05, 0.1) is 0 Å². The van der Waals surface area contributed by atoms with Crippen molar-refractivity contribution in [3.8, 4) is 0 Å². The Kier molecular flexibility index (Phi) is 7.60. The van der Waals surface area contributed by atoms with E-state index in [-0.39, 0.29) is 6.04 Å². The lowest BCUT2D eigenvalue weighted by molar-refractivity contribution is -0.146. The fourth-order valence-electron chi connectivity index (χ4n) is 1.39. The molecule has 1 N–H and O–H groups in total. The molecule has 0 heterocycles. The molecule has 0 spiro atoms. The Labute approximate surface area is 98.4 Å². The van der Waals surface area contributed by atoms with Gasteiger partial charge in [-0.25, -0.2) is 0 Å². The van der Waals surface area contributed by atoms with Crippen LogP contribution in [0.4, 0.5) is 0 Å². The lowest BCUT2D eigenvalue weighted by Crippen LogP contribution is -2.46. The monoisotopic (exact) mass is 228 g/mol. The van der Waals surface area contributed by atoms with E-state index < -0.39 is 11.8 Å². The molecule has 0 aliphatic carbocycles. The van der Waals surface area contributed by atoms with Crippen LogP contribution in [0.15, 0.2) is 0 Å². The maximum atomic E-state index is 11.8. The Morgan fingerprint density at radius 1 is 1.12 bits per heavy atom. The van der Waals surface area contributed by atoms with E-state index in [1.54, 1.807) is 4.90 Å².